The minimum Gasteiger partial charge on any atom is -0.484 e. The molecule has 0 aromatic heterocycles. The summed E-state index contributed by atoms with van der Waals surface area (Å²) >= 11 is 0. The molecule has 0 aliphatic rings. The Kier molecular flexibility index (Phi) is 5.29. The average Bonchev–Trinajstić information content (AvgIpc) is 2.33. The van der Waals surface area contributed by atoms with Crippen molar-refractivity contribution in [2.75, 3.05) is 19.8 Å². The number of carbonyl (C=O) groups is 1. The third kappa shape index (κ3) is 5.98. The molecule has 0 atom stereocenters. The molecule has 17 heavy (non-hydrogen) atoms. The Morgan fingerprint density at radius 2 is 2.06 bits per heavy atom. The van der Waals surface area contributed by atoms with Crippen LogP contribution >= 0.6 is 0 Å². The number of ether oxygens (including phenoxy) is 1. The normalized spacial score (nSPS) is 9.41. The summed E-state index contributed by atoms with van der Waals surface area (Å²) < 4.78 is 5.16. The summed E-state index contributed by atoms with van der Waals surface area (Å²) in [6.45, 7) is -0.246. The van der Waals surface area contributed by atoms with Gasteiger partial charge in [0, 0.05) is 6.54 Å². The molecule has 0 fully saturated rings. The van der Waals surface area contributed by atoms with Crippen molar-refractivity contribution in [3.8, 4) is 5.75 Å². The Morgan fingerprint density at radius 3 is 2.71 bits per heavy atom. The number of benzene rings is 1. The summed E-state index contributed by atoms with van der Waals surface area (Å²) in [7, 11) is 0. The van der Waals surface area contributed by atoms with Crippen molar-refractivity contribution in [3.63, 3.8) is 0 Å². The fourth-order valence-corrected chi connectivity index (χ4v) is 1.03. The van der Waals surface area contributed by atoms with E-state index in [-0.39, 0.29) is 25.7 Å². The Hall–Kier alpha value is -2.31. The fraction of sp³-hybridized carbons (Fsp3) is 0.300. The van der Waals surface area contributed by atoms with E-state index in [1.54, 1.807) is 24.3 Å². The summed E-state index contributed by atoms with van der Waals surface area (Å²) in [5.41, 5.74) is 0. The van der Waals surface area contributed by atoms with Gasteiger partial charge in [0.2, 0.25) is 0 Å². The fourth-order valence-electron chi connectivity index (χ4n) is 1.03. The van der Waals surface area contributed by atoms with E-state index < -0.39 is 5.09 Å². The quantitative estimate of drug-likeness (QED) is 0.423. The molecular formula is C10H12N2O5. The number of hydrogen-bond donors (Lipinski definition) is 1. The molecule has 0 aliphatic carbocycles. The van der Waals surface area contributed by atoms with Gasteiger partial charge in [0.15, 0.2) is 6.61 Å². The van der Waals surface area contributed by atoms with Crippen LogP contribution in [0.15, 0.2) is 30.3 Å². The smallest absolute Gasteiger partial charge is 0.294 e. The SMILES string of the molecule is O=C(COc1ccccc1)NCCO[N+](=O)[O-]. The van der Waals surface area contributed by atoms with Gasteiger partial charge in [-0.25, -0.2) is 0 Å². The van der Waals surface area contributed by atoms with Gasteiger partial charge in [-0.3, -0.25) is 4.79 Å². The van der Waals surface area contributed by atoms with Gasteiger partial charge in [-0.05, 0) is 12.1 Å². The Bertz CT molecular complexity index is 368. The summed E-state index contributed by atoms with van der Waals surface area (Å²) in [4.78, 5) is 25.0. The van der Waals surface area contributed by atoms with Gasteiger partial charge in [-0.1, -0.05) is 18.2 Å². The van der Waals surface area contributed by atoms with Crippen molar-refractivity contribution >= 4 is 5.91 Å². The standard InChI is InChI=1S/C10H12N2O5/c13-10(11-6-7-17-12(14)15)8-16-9-4-2-1-3-5-9/h1-5H,6-8H2,(H,11,13). The highest BCUT2D eigenvalue weighted by atomic mass is 16.9. The summed E-state index contributed by atoms with van der Waals surface area (Å²) in [6, 6.07) is 8.87. The molecule has 0 spiro atoms. The molecule has 7 nitrogen and oxygen atoms in total. The molecule has 0 heterocycles. The van der Waals surface area contributed by atoms with E-state index in [4.69, 9.17) is 4.74 Å². The Balaban J connectivity index is 2.11. The lowest BCUT2D eigenvalue weighted by molar-refractivity contribution is -0.757. The van der Waals surface area contributed by atoms with Crippen LogP contribution in [-0.4, -0.2) is 30.8 Å². The number of hydrogen-bond acceptors (Lipinski definition) is 5. The van der Waals surface area contributed by atoms with Crippen molar-refractivity contribution in [1.29, 1.82) is 0 Å². The van der Waals surface area contributed by atoms with Crippen molar-refractivity contribution in [3.05, 3.63) is 40.4 Å². The van der Waals surface area contributed by atoms with E-state index in [1.165, 1.54) is 0 Å². The predicted octanol–water partition coefficient (Wildman–Crippen LogP) is 0.390. The first kappa shape index (κ1) is 12.8. The molecule has 0 unspecified atom stereocenters. The largest absolute Gasteiger partial charge is 0.484 e. The first-order valence-corrected chi connectivity index (χ1v) is 4.90. The minimum absolute atomic E-state index is 0.0674. The van der Waals surface area contributed by atoms with E-state index >= 15 is 0 Å². The van der Waals surface area contributed by atoms with E-state index in [2.05, 4.69) is 10.2 Å². The number of amides is 1. The second-order valence-corrected chi connectivity index (χ2v) is 3.01. The van der Waals surface area contributed by atoms with Crippen LogP contribution in [0.3, 0.4) is 0 Å². The monoisotopic (exact) mass is 240 g/mol. The molecule has 7 heteroatoms. The maximum Gasteiger partial charge on any atom is 0.294 e. The number of nitrogens with one attached hydrogen (secondary N) is 1. The summed E-state index contributed by atoms with van der Waals surface area (Å²) in [6.07, 6.45) is 0. The molecule has 1 amide bonds. The zero-order valence-corrected chi connectivity index (χ0v) is 9.00. The van der Waals surface area contributed by atoms with Crippen LogP contribution in [0.1, 0.15) is 0 Å². The Morgan fingerprint density at radius 1 is 1.35 bits per heavy atom. The molecule has 0 saturated carbocycles. The van der Waals surface area contributed by atoms with Crippen LogP contribution < -0.4 is 10.1 Å². The lowest BCUT2D eigenvalue weighted by Crippen LogP contribution is -2.32. The van der Waals surface area contributed by atoms with Crippen molar-refractivity contribution < 1.29 is 19.5 Å². The highest BCUT2D eigenvalue weighted by molar-refractivity contribution is 5.77. The summed E-state index contributed by atoms with van der Waals surface area (Å²) in [5, 5.41) is 11.3. The van der Waals surface area contributed by atoms with Crippen LogP contribution in [0.5, 0.6) is 5.75 Å². The molecule has 1 aromatic rings. The molecule has 92 valence electrons. The average molecular weight is 240 g/mol. The van der Waals surface area contributed by atoms with Gasteiger partial charge in [0.25, 0.3) is 11.0 Å². The minimum atomic E-state index is -0.910. The van der Waals surface area contributed by atoms with E-state index in [0.717, 1.165) is 0 Å². The van der Waals surface area contributed by atoms with Gasteiger partial charge in [0.1, 0.15) is 12.4 Å². The van der Waals surface area contributed by atoms with Crippen LogP contribution in [0, 0.1) is 10.1 Å². The van der Waals surface area contributed by atoms with Gasteiger partial charge in [0.05, 0.1) is 0 Å². The van der Waals surface area contributed by atoms with Gasteiger partial charge in [-0.2, -0.15) is 0 Å². The zero-order chi connectivity index (χ0) is 12.5. The molecule has 0 bridgehead atoms. The highest BCUT2D eigenvalue weighted by Crippen LogP contribution is 2.07. The summed E-state index contributed by atoms with van der Waals surface area (Å²) in [5.74, 6) is 0.227. The van der Waals surface area contributed by atoms with Crippen LogP contribution in [0.4, 0.5) is 0 Å². The van der Waals surface area contributed by atoms with Gasteiger partial charge < -0.3 is 14.9 Å². The second kappa shape index (κ2) is 7.04. The van der Waals surface area contributed by atoms with Gasteiger partial charge in [-0.15, -0.1) is 10.1 Å². The molecule has 1 rings (SSSR count). The van der Waals surface area contributed by atoms with Crippen molar-refractivity contribution in [2.45, 2.75) is 0 Å². The lowest BCUT2D eigenvalue weighted by atomic mass is 10.3. The van der Waals surface area contributed by atoms with Crippen LogP contribution in [0.2, 0.25) is 0 Å². The number of nitrogens with zero attached hydrogens (tertiary/aromatic N) is 1. The molecular weight excluding hydrogens is 228 g/mol. The molecule has 1 N–H and O–H groups in total. The lowest BCUT2D eigenvalue weighted by Gasteiger charge is -2.06. The van der Waals surface area contributed by atoms with Crippen molar-refractivity contribution in [1.82, 2.24) is 5.32 Å². The third-order valence-electron chi connectivity index (χ3n) is 1.73. The predicted molar refractivity (Wildman–Crippen MR) is 57.9 cm³/mol. The Labute approximate surface area is 97.4 Å². The number of rotatable bonds is 7. The molecule has 0 saturated heterocycles. The third-order valence-corrected chi connectivity index (χ3v) is 1.73. The number of carbonyl (C=O) groups excluding carboxylic acids is 1. The highest BCUT2D eigenvalue weighted by Gasteiger charge is 2.02. The maximum absolute atomic E-state index is 11.2. The first-order valence-electron chi connectivity index (χ1n) is 4.90. The maximum atomic E-state index is 11.2. The topological polar surface area (TPSA) is 90.7 Å². The molecule has 1 aromatic carbocycles. The van der Waals surface area contributed by atoms with E-state index in [9.17, 15) is 14.9 Å². The van der Waals surface area contributed by atoms with E-state index in [1.807, 2.05) is 6.07 Å². The number of para-hydroxylation sites is 1. The van der Waals surface area contributed by atoms with Crippen molar-refractivity contribution in [2.24, 2.45) is 0 Å². The van der Waals surface area contributed by atoms with E-state index in [0.29, 0.717) is 5.75 Å². The van der Waals surface area contributed by atoms with Gasteiger partial charge >= 0.3 is 0 Å². The first-order chi connectivity index (χ1) is 8.18. The van der Waals surface area contributed by atoms with Crippen LogP contribution in [0.25, 0.3) is 0 Å². The second-order valence-electron chi connectivity index (χ2n) is 3.01. The van der Waals surface area contributed by atoms with Crippen LogP contribution in [-0.2, 0) is 9.63 Å². The molecule has 0 radical (unpaired) electrons. The molecule has 0 aliphatic heterocycles. The zero-order valence-electron chi connectivity index (χ0n) is 9.00.